The summed E-state index contributed by atoms with van der Waals surface area (Å²) in [5, 5.41) is 4.56. The molecule has 2 heterocycles. The van der Waals surface area contributed by atoms with E-state index in [0.717, 1.165) is 23.8 Å². The Morgan fingerprint density at radius 2 is 1.74 bits per heavy atom. The zero-order valence-corrected chi connectivity index (χ0v) is 15.7. The molecule has 3 aromatic rings. The maximum Gasteiger partial charge on any atom is 0.258 e. The molecule has 0 N–H and O–H groups in total. The van der Waals surface area contributed by atoms with Crippen LogP contribution >= 0.6 is 11.6 Å². The lowest BCUT2D eigenvalue weighted by molar-refractivity contribution is 0.0747. The molecule has 1 fully saturated rings. The number of anilines is 1. The van der Waals surface area contributed by atoms with E-state index >= 15 is 0 Å². The first-order chi connectivity index (χ1) is 13.1. The molecular weight excluding hydrogens is 364 g/mol. The van der Waals surface area contributed by atoms with Crippen LogP contribution in [0.2, 0.25) is 5.02 Å². The Kier molecular flexibility index (Phi) is 4.81. The van der Waals surface area contributed by atoms with Gasteiger partial charge in [-0.1, -0.05) is 41.0 Å². The fourth-order valence-corrected chi connectivity index (χ4v) is 3.55. The summed E-state index contributed by atoms with van der Waals surface area (Å²) in [4.78, 5) is 21.4. The number of amides is 1. The number of rotatable bonds is 3. The number of aryl methyl sites for hydroxylation is 1. The largest absolute Gasteiger partial charge is 0.367 e. The summed E-state index contributed by atoms with van der Waals surface area (Å²) < 4.78 is 5.26. The average Bonchev–Trinajstić information content (AvgIpc) is 3.14. The van der Waals surface area contributed by atoms with E-state index in [2.05, 4.69) is 15.0 Å². The molecular formula is C20H19ClN4O2. The van der Waals surface area contributed by atoms with Crippen LogP contribution in [0, 0.1) is 6.92 Å². The Balaban J connectivity index is 1.51. The minimum absolute atomic E-state index is 0.0275. The van der Waals surface area contributed by atoms with Crippen LogP contribution in [0.15, 0.2) is 53.1 Å². The number of piperazine rings is 1. The Morgan fingerprint density at radius 1 is 1.04 bits per heavy atom. The molecule has 1 aliphatic rings. The number of carbonyl (C=O) groups excluding carboxylic acids is 1. The predicted octanol–water partition coefficient (Wildman–Crippen LogP) is 3.66. The van der Waals surface area contributed by atoms with Crippen molar-refractivity contribution >= 4 is 23.2 Å². The third-order valence-corrected chi connectivity index (χ3v) is 5.00. The van der Waals surface area contributed by atoms with Gasteiger partial charge in [-0.25, -0.2) is 0 Å². The van der Waals surface area contributed by atoms with Crippen molar-refractivity contribution in [3.05, 3.63) is 64.9 Å². The zero-order chi connectivity index (χ0) is 18.8. The maximum atomic E-state index is 13.1. The third kappa shape index (κ3) is 3.53. The van der Waals surface area contributed by atoms with Gasteiger partial charge in [0.1, 0.15) is 0 Å². The van der Waals surface area contributed by atoms with Gasteiger partial charge in [0.15, 0.2) is 5.82 Å². The first kappa shape index (κ1) is 17.5. The van der Waals surface area contributed by atoms with E-state index in [1.807, 2.05) is 47.4 Å². The summed E-state index contributed by atoms with van der Waals surface area (Å²) in [5.74, 6) is 0.882. The van der Waals surface area contributed by atoms with Crippen LogP contribution in [-0.4, -0.2) is 47.1 Å². The predicted molar refractivity (Wildman–Crippen MR) is 104 cm³/mol. The molecule has 0 spiro atoms. The van der Waals surface area contributed by atoms with Gasteiger partial charge in [-0.2, -0.15) is 4.98 Å². The van der Waals surface area contributed by atoms with E-state index in [9.17, 15) is 4.79 Å². The second kappa shape index (κ2) is 7.40. The number of nitrogens with zero attached hydrogens (tertiary/aromatic N) is 4. The normalized spacial score (nSPS) is 14.4. The first-order valence-corrected chi connectivity index (χ1v) is 9.20. The van der Waals surface area contributed by atoms with Gasteiger partial charge in [0.25, 0.3) is 11.8 Å². The number of benzene rings is 2. The molecule has 27 heavy (non-hydrogen) atoms. The maximum absolute atomic E-state index is 13.1. The van der Waals surface area contributed by atoms with Gasteiger partial charge in [0.2, 0.25) is 0 Å². The molecule has 0 atom stereocenters. The molecule has 1 aliphatic heterocycles. The van der Waals surface area contributed by atoms with Gasteiger partial charge in [-0.05, 0) is 31.2 Å². The number of hydrogen-bond donors (Lipinski definition) is 0. The molecule has 1 amide bonds. The van der Waals surface area contributed by atoms with E-state index in [-0.39, 0.29) is 5.91 Å². The van der Waals surface area contributed by atoms with E-state index in [1.54, 1.807) is 13.0 Å². The van der Waals surface area contributed by atoms with Crippen molar-refractivity contribution in [3.63, 3.8) is 0 Å². The van der Waals surface area contributed by atoms with E-state index in [0.29, 0.717) is 35.9 Å². The number of aromatic nitrogens is 2. The topological polar surface area (TPSA) is 62.5 Å². The molecule has 0 radical (unpaired) electrons. The Labute approximate surface area is 162 Å². The molecule has 0 bridgehead atoms. The zero-order valence-electron chi connectivity index (χ0n) is 14.9. The van der Waals surface area contributed by atoms with Crippen molar-refractivity contribution in [2.45, 2.75) is 6.92 Å². The van der Waals surface area contributed by atoms with Crippen molar-refractivity contribution in [1.82, 2.24) is 15.0 Å². The minimum Gasteiger partial charge on any atom is -0.367 e. The summed E-state index contributed by atoms with van der Waals surface area (Å²) in [7, 11) is 0. The fourth-order valence-electron chi connectivity index (χ4n) is 3.29. The quantitative estimate of drug-likeness (QED) is 0.691. The van der Waals surface area contributed by atoms with Gasteiger partial charge in [0, 0.05) is 26.2 Å². The van der Waals surface area contributed by atoms with Crippen LogP contribution in [0.1, 0.15) is 16.2 Å². The molecule has 0 saturated carbocycles. The van der Waals surface area contributed by atoms with Crippen molar-refractivity contribution in [3.8, 4) is 11.5 Å². The Bertz CT molecular complexity index is 964. The van der Waals surface area contributed by atoms with Crippen LogP contribution in [0.5, 0.6) is 0 Å². The second-order valence-electron chi connectivity index (χ2n) is 6.42. The number of hydrogen-bond acceptors (Lipinski definition) is 5. The van der Waals surface area contributed by atoms with Crippen LogP contribution in [0.4, 0.5) is 5.69 Å². The molecule has 2 aromatic carbocycles. The first-order valence-electron chi connectivity index (χ1n) is 8.82. The fraction of sp³-hybridized carbons (Fsp3) is 0.250. The van der Waals surface area contributed by atoms with Gasteiger partial charge in [-0.15, -0.1) is 0 Å². The molecule has 4 rings (SSSR count). The highest BCUT2D eigenvalue weighted by atomic mass is 35.5. The van der Waals surface area contributed by atoms with Crippen LogP contribution in [0.25, 0.3) is 11.5 Å². The summed E-state index contributed by atoms with van der Waals surface area (Å²) >= 11 is 6.30. The average molecular weight is 383 g/mol. The van der Waals surface area contributed by atoms with Crippen molar-refractivity contribution in [1.29, 1.82) is 0 Å². The van der Waals surface area contributed by atoms with Gasteiger partial charge >= 0.3 is 0 Å². The number of para-hydroxylation sites is 1. The molecule has 7 heteroatoms. The van der Waals surface area contributed by atoms with Crippen LogP contribution in [0.3, 0.4) is 0 Å². The van der Waals surface area contributed by atoms with Crippen molar-refractivity contribution in [2.75, 3.05) is 31.1 Å². The standard InChI is InChI=1S/C20H19ClN4O2/c1-14-22-19(27-23-14)15-6-2-3-7-16(15)20(26)25-12-10-24(11-13-25)18-9-5-4-8-17(18)21/h2-9H,10-13H2,1H3. The van der Waals surface area contributed by atoms with E-state index < -0.39 is 0 Å². The van der Waals surface area contributed by atoms with Gasteiger partial charge < -0.3 is 14.3 Å². The summed E-state index contributed by atoms with van der Waals surface area (Å²) in [6.07, 6.45) is 0. The van der Waals surface area contributed by atoms with Gasteiger partial charge in [0.05, 0.1) is 21.8 Å². The van der Waals surface area contributed by atoms with E-state index in [4.69, 9.17) is 16.1 Å². The number of halogens is 1. The second-order valence-corrected chi connectivity index (χ2v) is 6.83. The highest BCUT2D eigenvalue weighted by Gasteiger charge is 2.26. The molecule has 0 unspecified atom stereocenters. The highest BCUT2D eigenvalue weighted by molar-refractivity contribution is 6.33. The van der Waals surface area contributed by atoms with Crippen molar-refractivity contribution in [2.24, 2.45) is 0 Å². The highest BCUT2D eigenvalue weighted by Crippen LogP contribution is 2.27. The Hall–Kier alpha value is -2.86. The van der Waals surface area contributed by atoms with E-state index in [1.165, 1.54) is 0 Å². The van der Waals surface area contributed by atoms with Crippen molar-refractivity contribution < 1.29 is 9.32 Å². The number of carbonyl (C=O) groups is 1. The third-order valence-electron chi connectivity index (χ3n) is 4.68. The molecule has 1 saturated heterocycles. The monoisotopic (exact) mass is 382 g/mol. The minimum atomic E-state index is -0.0275. The lowest BCUT2D eigenvalue weighted by atomic mass is 10.1. The lowest BCUT2D eigenvalue weighted by Crippen LogP contribution is -2.49. The lowest BCUT2D eigenvalue weighted by Gasteiger charge is -2.36. The van der Waals surface area contributed by atoms with Crippen LogP contribution < -0.4 is 4.90 Å². The Morgan fingerprint density at radius 3 is 2.44 bits per heavy atom. The van der Waals surface area contributed by atoms with Crippen LogP contribution in [-0.2, 0) is 0 Å². The molecule has 1 aromatic heterocycles. The smallest absolute Gasteiger partial charge is 0.258 e. The van der Waals surface area contributed by atoms with Gasteiger partial charge in [-0.3, -0.25) is 4.79 Å². The SMILES string of the molecule is Cc1noc(-c2ccccc2C(=O)N2CCN(c3ccccc3Cl)CC2)n1. The summed E-state index contributed by atoms with van der Waals surface area (Å²) in [5.41, 5.74) is 2.25. The summed E-state index contributed by atoms with van der Waals surface area (Å²) in [6.45, 7) is 4.47. The molecule has 138 valence electrons. The molecule has 0 aliphatic carbocycles. The summed E-state index contributed by atoms with van der Waals surface area (Å²) in [6, 6.07) is 15.1. The molecule has 6 nitrogen and oxygen atoms in total.